The highest BCUT2D eigenvalue weighted by molar-refractivity contribution is 6.35. The summed E-state index contributed by atoms with van der Waals surface area (Å²) in [4.78, 5) is 45.2. The van der Waals surface area contributed by atoms with Crippen LogP contribution >= 0.6 is 0 Å². The van der Waals surface area contributed by atoms with Crippen molar-refractivity contribution >= 4 is 40.7 Å². The number of amides is 3. The number of nitrogens with zero attached hydrogens (tertiary/aromatic N) is 2. The molecule has 2 aromatic rings. The van der Waals surface area contributed by atoms with E-state index in [1.807, 2.05) is 11.8 Å². The van der Waals surface area contributed by atoms with Gasteiger partial charge in [-0.3, -0.25) is 14.4 Å². The predicted molar refractivity (Wildman–Crippen MR) is 136 cm³/mol. The molecule has 4 N–H and O–H groups in total. The molecule has 0 spiro atoms. The highest BCUT2D eigenvalue weighted by atomic mass is 19.1. The molecule has 9 nitrogen and oxygen atoms in total. The molecule has 0 aliphatic carbocycles. The third-order valence-corrected chi connectivity index (χ3v) is 6.90. The number of fused-ring (bicyclic) bond motifs is 2. The smallest absolute Gasteiger partial charge is 0.256 e. The fourth-order valence-corrected chi connectivity index (χ4v) is 4.65. The largest absolute Gasteiger partial charge is 0.384 e. The Labute approximate surface area is 209 Å². The van der Waals surface area contributed by atoms with E-state index in [0.29, 0.717) is 42.0 Å². The average molecular weight is 498 g/mol. The Morgan fingerprint density at radius 3 is 2.69 bits per heavy atom. The van der Waals surface area contributed by atoms with Gasteiger partial charge in [-0.15, -0.1) is 0 Å². The summed E-state index contributed by atoms with van der Waals surface area (Å²) in [5.41, 5.74) is 3.67. The van der Waals surface area contributed by atoms with Crippen LogP contribution in [0.4, 0.5) is 15.8 Å². The molecular weight excluding hydrogens is 465 g/mol. The summed E-state index contributed by atoms with van der Waals surface area (Å²) in [6.07, 6.45) is 1.02. The Morgan fingerprint density at radius 1 is 1.31 bits per heavy atom. The second kappa shape index (κ2) is 10.2. The Balaban J connectivity index is 1.61. The van der Waals surface area contributed by atoms with Crippen LogP contribution in [0.25, 0.3) is 11.6 Å². The molecule has 1 aromatic heterocycles. The number of aromatic nitrogens is 1. The monoisotopic (exact) mass is 497 g/mol. The van der Waals surface area contributed by atoms with E-state index in [1.54, 1.807) is 6.08 Å². The van der Waals surface area contributed by atoms with Gasteiger partial charge in [0.05, 0.1) is 22.5 Å². The van der Waals surface area contributed by atoms with Gasteiger partial charge in [0.25, 0.3) is 17.7 Å². The Kier molecular flexibility index (Phi) is 7.28. The van der Waals surface area contributed by atoms with Crippen LogP contribution in [0.15, 0.2) is 12.1 Å². The van der Waals surface area contributed by atoms with Crippen molar-refractivity contribution in [1.82, 2.24) is 14.8 Å². The lowest BCUT2D eigenvalue weighted by molar-refractivity contribution is -0.123. The molecule has 1 atom stereocenters. The van der Waals surface area contributed by atoms with E-state index in [0.717, 1.165) is 30.9 Å². The van der Waals surface area contributed by atoms with Crippen molar-refractivity contribution in [2.24, 2.45) is 0 Å². The van der Waals surface area contributed by atoms with Crippen molar-refractivity contribution < 1.29 is 23.9 Å². The fraction of sp³-hybridized carbons (Fsp3) is 0.423. The lowest BCUT2D eigenvalue weighted by Gasteiger charge is -2.29. The van der Waals surface area contributed by atoms with Gasteiger partial charge in [0.1, 0.15) is 11.9 Å². The molecule has 3 amide bonds. The molecule has 2 aliphatic heterocycles. The first-order valence-electron chi connectivity index (χ1n) is 12.2. The maximum Gasteiger partial charge on any atom is 0.256 e. The van der Waals surface area contributed by atoms with Crippen LogP contribution < -0.4 is 10.6 Å². The molecular formula is C26H32FN5O4. The zero-order valence-corrected chi connectivity index (χ0v) is 21.0. The number of carbonyl (C=O) groups is 3. The zero-order valence-electron chi connectivity index (χ0n) is 21.0. The van der Waals surface area contributed by atoms with Crippen LogP contribution in [0, 0.1) is 12.7 Å². The second-order valence-corrected chi connectivity index (χ2v) is 9.14. The van der Waals surface area contributed by atoms with Crippen LogP contribution in [-0.2, 0) is 16.0 Å². The number of carbonyl (C=O) groups excluding carboxylic acids is 3. The Morgan fingerprint density at radius 2 is 2.03 bits per heavy atom. The van der Waals surface area contributed by atoms with E-state index >= 15 is 0 Å². The Hall–Kier alpha value is -3.50. The van der Waals surface area contributed by atoms with Crippen molar-refractivity contribution in [3.05, 3.63) is 46.0 Å². The first-order valence-corrected chi connectivity index (χ1v) is 12.2. The maximum atomic E-state index is 14.7. The van der Waals surface area contributed by atoms with Crippen molar-refractivity contribution in [1.29, 1.82) is 0 Å². The van der Waals surface area contributed by atoms with Gasteiger partial charge in [-0.2, -0.15) is 0 Å². The normalized spacial score (nSPS) is 16.9. The van der Waals surface area contributed by atoms with Gasteiger partial charge in [0, 0.05) is 43.0 Å². The second-order valence-electron chi connectivity index (χ2n) is 9.14. The number of nitrogens with one attached hydrogen (secondary N) is 3. The number of benzene rings is 1. The molecule has 0 bridgehead atoms. The van der Waals surface area contributed by atoms with Gasteiger partial charge < -0.3 is 30.5 Å². The van der Waals surface area contributed by atoms with E-state index in [2.05, 4.69) is 34.4 Å². The third kappa shape index (κ3) is 4.78. The molecule has 0 saturated heterocycles. The first kappa shape index (κ1) is 25.6. The van der Waals surface area contributed by atoms with Crippen molar-refractivity contribution in [3.8, 4) is 0 Å². The van der Waals surface area contributed by atoms with E-state index < -0.39 is 23.7 Å². The van der Waals surface area contributed by atoms with Crippen LogP contribution in [0.3, 0.4) is 0 Å². The van der Waals surface area contributed by atoms with E-state index in [4.69, 9.17) is 0 Å². The molecule has 3 heterocycles. The number of H-pyrrole nitrogens is 1. The number of aliphatic hydroxyl groups is 1. The van der Waals surface area contributed by atoms with Crippen LogP contribution in [-0.4, -0.2) is 76.4 Å². The summed E-state index contributed by atoms with van der Waals surface area (Å²) < 4.78 is 14.7. The third-order valence-electron chi connectivity index (χ3n) is 6.90. The molecule has 1 aromatic carbocycles. The highest BCUT2D eigenvalue weighted by Crippen LogP contribution is 2.37. The lowest BCUT2D eigenvalue weighted by atomic mass is 10.0. The molecule has 0 radical (unpaired) electrons. The quantitative estimate of drug-likeness (QED) is 0.418. The summed E-state index contributed by atoms with van der Waals surface area (Å²) in [6.45, 7) is 11.3. The topological polar surface area (TPSA) is 118 Å². The van der Waals surface area contributed by atoms with Crippen molar-refractivity contribution in [2.75, 3.05) is 43.4 Å². The van der Waals surface area contributed by atoms with Gasteiger partial charge in [-0.25, -0.2) is 4.39 Å². The van der Waals surface area contributed by atoms with Gasteiger partial charge in [-0.1, -0.05) is 13.8 Å². The Bertz CT molecular complexity index is 1250. The number of hydrogen-bond donors (Lipinski definition) is 4. The van der Waals surface area contributed by atoms with Crippen LogP contribution in [0.1, 0.15) is 53.6 Å². The number of hydrogen-bond acceptors (Lipinski definition) is 5. The molecule has 0 unspecified atom stereocenters. The number of likely N-dealkylation sites (N-methyl/N-ethyl adjacent to an activating group) is 1. The molecule has 4 rings (SSSR count). The fourth-order valence-electron chi connectivity index (χ4n) is 4.65. The minimum Gasteiger partial charge on any atom is -0.384 e. The van der Waals surface area contributed by atoms with E-state index in [-0.39, 0.29) is 17.2 Å². The highest BCUT2D eigenvalue weighted by Gasteiger charge is 2.31. The summed E-state index contributed by atoms with van der Waals surface area (Å²) in [5, 5.41) is 14.4. The first-order chi connectivity index (χ1) is 17.1. The number of aliphatic hydroxyl groups excluding tert-OH is 1. The standard InChI is InChI=1S/C26H32FN5O4/c1-5-31(6-2)9-10-32-8-7-19-23(26(32)36)14(3)20(28-19)12-17-16-11-18(27)22(30-24(34)15(4)33)13-21(16)29-25(17)35/h11-13,15,28,33H,5-10H2,1-4H3,(H,29,35)(H,30,34)/b17-12+/t15-/m0/s1. The number of aromatic amines is 1. The summed E-state index contributed by atoms with van der Waals surface area (Å²) >= 11 is 0. The van der Waals surface area contributed by atoms with Gasteiger partial charge in [0.2, 0.25) is 0 Å². The molecule has 0 saturated carbocycles. The molecule has 36 heavy (non-hydrogen) atoms. The molecule has 2 aliphatic rings. The van der Waals surface area contributed by atoms with Crippen molar-refractivity contribution in [3.63, 3.8) is 0 Å². The molecule has 192 valence electrons. The van der Waals surface area contributed by atoms with Crippen LogP contribution in [0.5, 0.6) is 0 Å². The predicted octanol–water partition coefficient (Wildman–Crippen LogP) is 2.61. The summed E-state index contributed by atoms with van der Waals surface area (Å²) in [6, 6.07) is 2.50. The van der Waals surface area contributed by atoms with Gasteiger partial charge in [0.15, 0.2) is 0 Å². The minimum atomic E-state index is -1.31. The lowest BCUT2D eigenvalue weighted by Crippen LogP contribution is -2.42. The van der Waals surface area contributed by atoms with Gasteiger partial charge in [-0.05, 0) is 50.7 Å². The number of anilines is 2. The number of rotatable bonds is 8. The average Bonchev–Trinajstić information content (AvgIpc) is 3.32. The number of halogens is 1. The van der Waals surface area contributed by atoms with E-state index in [9.17, 15) is 23.9 Å². The van der Waals surface area contributed by atoms with Crippen LogP contribution in [0.2, 0.25) is 0 Å². The van der Waals surface area contributed by atoms with Crippen molar-refractivity contribution in [2.45, 2.75) is 40.2 Å². The maximum absolute atomic E-state index is 14.7. The minimum absolute atomic E-state index is 0.0254. The SMILES string of the molecule is CCN(CC)CCN1CCc2[nH]c(/C=C3/C(=O)Nc4cc(NC(=O)[C@H](C)O)c(F)cc43)c(C)c2C1=O. The summed E-state index contributed by atoms with van der Waals surface area (Å²) in [7, 11) is 0. The van der Waals surface area contributed by atoms with Gasteiger partial charge >= 0.3 is 0 Å². The summed E-state index contributed by atoms with van der Waals surface area (Å²) in [5.74, 6) is -1.92. The zero-order chi connectivity index (χ0) is 26.1. The van der Waals surface area contributed by atoms with E-state index in [1.165, 1.54) is 19.1 Å². The molecule has 10 heteroatoms. The molecule has 0 fully saturated rings.